The minimum Gasteiger partial charge on any atom is -0.451 e. The zero-order chi connectivity index (χ0) is 16.0. The Morgan fingerprint density at radius 2 is 1.96 bits per heavy atom. The maximum Gasteiger partial charge on any atom is 0.287 e. The van der Waals surface area contributed by atoms with Crippen LogP contribution in [0.5, 0.6) is 0 Å². The van der Waals surface area contributed by atoms with Crippen LogP contribution in [0, 0.1) is 0 Å². The van der Waals surface area contributed by atoms with Gasteiger partial charge in [0, 0.05) is 33.7 Å². The number of amides is 1. The minimum atomic E-state index is -0.177. The summed E-state index contributed by atoms with van der Waals surface area (Å²) < 4.78 is 5.68. The first-order valence-electron chi connectivity index (χ1n) is 7.72. The van der Waals surface area contributed by atoms with Crippen LogP contribution in [0.2, 0.25) is 10.0 Å². The summed E-state index contributed by atoms with van der Waals surface area (Å²) in [4.78, 5) is 12.4. The Morgan fingerprint density at radius 1 is 1.17 bits per heavy atom. The Kier molecular flexibility index (Phi) is 3.84. The second-order valence-corrected chi connectivity index (χ2v) is 7.06. The first-order chi connectivity index (χ1) is 11.1. The van der Waals surface area contributed by atoms with Gasteiger partial charge in [0.05, 0.1) is 0 Å². The molecule has 2 aliphatic heterocycles. The highest BCUT2D eigenvalue weighted by Crippen LogP contribution is 2.30. The van der Waals surface area contributed by atoms with E-state index in [4.69, 9.17) is 27.6 Å². The molecule has 3 atom stereocenters. The van der Waals surface area contributed by atoms with Gasteiger partial charge in [0.15, 0.2) is 5.76 Å². The van der Waals surface area contributed by atoms with Gasteiger partial charge in [0.25, 0.3) is 5.91 Å². The van der Waals surface area contributed by atoms with Crippen LogP contribution in [0.1, 0.15) is 29.8 Å². The van der Waals surface area contributed by atoms with Gasteiger partial charge in [-0.05, 0) is 49.6 Å². The van der Waals surface area contributed by atoms with Crippen LogP contribution in [0.25, 0.3) is 11.3 Å². The van der Waals surface area contributed by atoms with Crippen molar-refractivity contribution in [3.05, 3.63) is 46.1 Å². The molecule has 0 radical (unpaired) electrons. The summed E-state index contributed by atoms with van der Waals surface area (Å²) in [5, 5.41) is 7.63. The third-order valence-electron chi connectivity index (χ3n) is 4.59. The minimum absolute atomic E-state index is 0.177. The van der Waals surface area contributed by atoms with Gasteiger partial charge in [-0.15, -0.1) is 0 Å². The van der Waals surface area contributed by atoms with Crippen LogP contribution in [0.15, 0.2) is 34.7 Å². The number of carbonyl (C=O) groups excluding carboxylic acids is 1. The number of carbonyl (C=O) groups is 1. The molecule has 4 rings (SSSR count). The molecule has 0 aliphatic carbocycles. The Hall–Kier alpha value is -1.49. The van der Waals surface area contributed by atoms with E-state index in [1.54, 1.807) is 30.3 Å². The summed E-state index contributed by atoms with van der Waals surface area (Å²) in [5.41, 5.74) is 0.753. The van der Waals surface area contributed by atoms with E-state index in [1.807, 2.05) is 0 Å². The SMILES string of the molecule is O=C(N[C@@H]1C[C@H]2CC[C@@H]1N2)c1ccc(-c2cc(Cl)cc(Cl)c2)o1. The van der Waals surface area contributed by atoms with Crippen LogP contribution in [-0.4, -0.2) is 24.0 Å². The second kappa shape index (κ2) is 5.86. The molecule has 2 aliphatic rings. The first kappa shape index (κ1) is 15.1. The molecule has 0 saturated carbocycles. The number of furan rings is 1. The fourth-order valence-electron chi connectivity index (χ4n) is 3.53. The van der Waals surface area contributed by atoms with E-state index in [0.717, 1.165) is 18.4 Å². The molecule has 2 fully saturated rings. The maximum absolute atomic E-state index is 12.4. The Balaban J connectivity index is 1.50. The number of hydrogen-bond acceptors (Lipinski definition) is 3. The summed E-state index contributed by atoms with van der Waals surface area (Å²) in [6.07, 6.45) is 3.32. The molecule has 4 nitrogen and oxygen atoms in total. The molecule has 2 N–H and O–H groups in total. The topological polar surface area (TPSA) is 54.3 Å². The molecule has 23 heavy (non-hydrogen) atoms. The van der Waals surface area contributed by atoms with Crippen molar-refractivity contribution in [1.82, 2.24) is 10.6 Å². The summed E-state index contributed by atoms with van der Waals surface area (Å²) in [6.45, 7) is 0. The largest absolute Gasteiger partial charge is 0.451 e. The van der Waals surface area contributed by atoms with Crippen molar-refractivity contribution in [1.29, 1.82) is 0 Å². The predicted molar refractivity (Wildman–Crippen MR) is 90.0 cm³/mol. The van der Waals surface area contributed by atoms with Crippen LogP contribution in [-0.2, 0) is 0 Å². The standard InChI is InChI=1S/C17H16Cl2N2O2/c18-10-5-9(6-11(19)7-10)15-3-4-16(23-15)17(22)21-14-8-12-1-2-13(14)20-12/h3-7,12-14,20H,1-2,8H2,(H,21,22)/t12-,13+,14-/m1/s1. The second-order valence-electron chi connectivity index (χ2n) is 6.19. The quantitative estimate of drug-likeness (QED) is 0.883. The van der Waals surface area contributed by atoms with Gasteiger partial charge in [-0.3, -0.25) is 4.79 Å². The van der Waals surface area contributed by atoms with Crippen molar-refractivity contribution in [3.8, 4) is 11.3 Å². The van der Waals surface area contributed by atoms with E-state index in [2.05, 4.69) is 10.6 Å². The molecule has 3 heterocycles. The highest BCUT2D eigenvalue weighted by molar-refractivity contribution is 6.35. The normalized spacial score (nSPS) is 25.7. The Bertz CT molecular complexity index is 739. The van der Waals surface area contributed by atoms with Gasteiger partial charge in [0.2, 0.25) is 0 Å². The lowest BCUT2D eigenvalue weighted by molar-refractivity contribution is 0.0903. The molecule has 1 amide bonds. The van der Waals surface area contributed by atoms with Gasteiger partial charge >= 0.3 is 0 Å². The number of rotatable bonds is 3. The molecule has 0 unspecified atom stereocenters. The number of fused-ring (bicyclic) bond motifs is 2. The number of nitrogens with one attached hydrogen (secondary N) is 2. The summed E-state index contributed by atoms with van der Waals surface area (Å²) >= 11 is 12.0. The summed E-state index contributed by atoms with van der Waals surface area (Å²) in [6, 6.07) is 9.75. The molecule has 0 spiro atoms. The molecule has 2 saturated heterocycles. The summed E-state index contributed by atoms with van der Waals surface area (Å²) in [5.74, 6) is 0.702. The van der Waals surface area contributed by atoms with Gasteiger partial charge in [-0.1, -0.05) is 23.2 Å². The van der Waals surface area contributed by atoms with Gasteiger partial charge in [-0.25, -0.2) is 0 Å². The van der Waals surface area contributed by atoms with E-state index in [9.17, 15) is 4.79 Å². The first-order valence-corrected chi connectivity index (χ1v) is 8.47. The number of hydrogen-bond donors (Lipinski definition) is 2. The maximum atomic E-state index is 12.4. The number of halogens is 2. The van der Waals surface area contributed by atoms with Crippen molar-refractivity contribution in [2.24, 2.45) is 0 Å². The van der Waals surface area contributed by atoms with Gasteiger partial charge < -0.3 is 15.1 Å². The highest BCUT2D eigenvalue weighted by atomic mass is 35.5. The number of benzene rings is 1. The van der Waals surface area contributed by atoms with Crippen molar-refractivity contribution in [3.63, 3.8) is 0 Å². The molecule has 2 bridgehead atoms. The lowest BCUT2D eigenvalue weighted by atomic mass is 9.95. The molecular formula is C17H16Cl2N2O2. The van der Waals surface area contributed by atoms with E-state index >= 15 is 0 Å². The van der Waals surface area contributed by atoms with Crippen molar-refractivity contribution in [2.45, 2.75) is 37.4 Å². The molecule has 1 aromatic carbocycles. The van der Waals surface area contributed by atoms with E-state index < -0.39 is 0 Å². The van der Waals surface area contributed by atoms with E-state index in [-0.39, 0.29) is 11.9 Å². The Morgan fingerprint density at radius 3 is 2.61 bits per heavy atom. The fourth-order valence-corrected chi connectivity index (χ4v) is 4.06. The average Bonchev–Trinajstić information content (AvgIpc) is 3.22. The molecule has 1 aromatic heterocycles. The van der Waals surface area contributed by atoms with Crippen LogP contribution in [0.3, 0.4) is 0 Å². The monoisotopic (exact) mass is 350 g/mol. The van der Waals surface area contributed by atoms with Crippen LogP contribution < -0.4 is 10.6 Å². The average molecular weight is 351 g/mol. The van der Waals surface area contributed by atoms with Gasteiger partial charge in [0.1, 0.15) is 5.76 Å². The van der Waals surface area contributed by atoms with Crippen LogP contribution in [0.4, 0.5) is 0 Å². The Labute approximate surface area is 144 Å². The third kappa shape index (κ3) is 2.99. The lowest BCUT2D eigenvalue weighted by Gasteiger charge is -2.20. The zero-order valence-electron chi connectivity index (χ0n) is 12.3. The van der Waals surface area contributed by atoms with Gasteiger partial charge in [-0.2, -0.15) is 0 Å². The van der Waals surface area contributed by atoms with Crippen molar-refractivity contribution < 1.29 is 9.21 Å². The highest BCUT2D eigenvalue weighted by Gasteiger charge is 2.39. The van der Waals surface area contributed by atoms with Crippen LogP contribution >= 0.6 is 23.2 Å². The fraction of sp³-hybridized carbons (Fsp3) is 0.353. The molecule has 120 valence electrons. The zero-order valence-corrected chi connectivity index (χ0v) is 13.8. The molecule has 2 aromatic rings. The predicted octanol–water partition coefficient (Wildman–Crippen LogP) is 3.88. The van der Waals surface area contributed by atoms with Crippen molar-refractivity contribution >= 4 is 29.1 Å². The van der Waals surface area contributed by atoms with Crippen molar-refractivity contribution in [2.75, 3.05) is 0 Å². The third-order valence-corrected chi connectivity index (χ3v) is 5.03. The molecular weight excluding hydrogens is 335 g/mol. The van der Waals surface area contributed by atoms with E-state index in [1.165, 1.54) is 6.42 Å². The lowest BCUT2D eigenvalue weighted by Crippen LogP contribution is -2.42. The smallest absolute Gasteiger partial charge is 0.287 e. The summed E-state index contributed by atoms with van der Waals surface area (Å²) in [7, 11) is 0. The van der Waals surface area contributed by atoms with E-state index in [0.29, 0.717) is 33.6 Å². The molecule has 6 heteroatoms.